The molecule has 1 unspecified atom stereocenters. The lowest BCUT2D eigenvalue weighted by molar-refractivity contribution is 0.569. The first-order valence-electron chi connectivity index (χ1n) is 6.25. The molecule has 0 saturated heterocycles. The summed E-state index contributed by atoms with van der Waals surface area (Å²) < 4.78 is 28.7. The SMILES string of the molecule is CSc1ccc(C(C)NS(=O)(=O)c2cc(C)c(Br)s2)cc1. The second-order valence-corrected chi connectivity index (χ2v) is 9.83. The number of hydrogen-bond donors (Lipinski definition) is 1. The second-order valence-electron chi connectivity index (χ2n) is 4.64. The van der Waals surface area contributed by atoms with E-state index in [2.05, 4.69) is 20.7 Å². The minimum Gasteiger partial charge on any atom is -0.206 e. The number of benzene rings is 1. The van der Waals surface area contributed by atoms with E-state index in [0.717, 1.165) is 19.8 Å². The van der Waals surface area contributed by atoms with Gasteiger partial charge in [-0.2, -0.15) is 0 Å². The number of aryl methyl sites for hydroxylation is 1. The van der Waals surface area contributed by atoms with E-state index in [0.29, 0.717) is 4.21 Å². The van der Waals surface area contributed by atoms with Gasteiger partial charge in [0, 0.05) is 10.9 Å². The van der Waals surface area contributed by atoms with E-state index in [-0.39, 0.29) is 6.04 Å². The summed E-state index contributed by atoms with van der Waals surface area (Å²) in [7, 11) is -3.49. The Kier molecular flexibility index (Phi) is 5.54. The van der Waals surface area contributed by atoms with Crippen molar-refractivity contribution in [2.75, 3.05) is 6.26 Å². The van der Waals surface area contributed by atoms with Gasteiger partial charge in [0.1, 0.15) is 4.21 Å². The van der Waals surface area contributed by atoms with Gasteiger partial charge in [-0.05, 0) is 65.4 Å². The fourth-order valence-corrected chi connectivity index (χ4v) is 5.70. The number of thioether (sulfide) groups is 1. The predicted molar refractivity (Wildman–Crippen MR) is 93.7 cm³/mol. The van der Waals surface area contributed by atoms with E-state index in [1.807, 2.05) is 44.4 Å². The zero-order valence-corrected chi connectivity index (χ0v) is 15.9. The topological polar surface area (TPSA) is 46.2 Å². The van der Waals surface area contributed by atoms with Crippen LogP contribution in [0.15, 0.2) is 43.2 Å². The van der Waals surface area contributed by atoms with Gasteiger partial charge in [-0.15, -0.1) is 23.1 Å². The Balaban J connectivity index is 2.18. The molecule has 114 valence electrons. The molecule has 0 aliphatic carbocycles. The Hall–Kier alpha value is -0.340. The Morgan fingerprint density at radius 2 is 1.90 bits per heavy atom. The first kappa shape index (κ1) is 17.0. The highest BCUT2D eigenvalue weighted by Crippen LogP contribution is 2.31. The van der Waals surface area contributed by atoms with Gasteiger partial charge in [0.15, 0.2) is 0 Å². The molecule has 1 heterocycles. The molecule has 0 spiro atoms. The van der Waals surface area contributed by atoms with E-state index >= 15 is 0 Å². The highest BCUT2D eigenvalue weighted by molar-refractivity contribution is 9.11. The summed E-state index contributed by atoms with van der Waals surface area (Å²) in [6, 6.07) is 9.31. The van der Waals surface area contributed by atoms with Crippen molar-refractivity contribution in [2.24, 2.45) is 0 Å². The number of hydrogen-bond acceptors (Lipinski definition) is 4. The molecule has 0 aliphatic rings. The van der Waals surface area contributed by atoms with Crippen molar-refractivity contribution in [1.82, 2.24) is 4.72 Å². The quantitative estimate of drug-likeness (QED) is 0.740. The van der Waals surface area contributed by atoms with Crippen LogP contribution in [-0.2, 0) is 10.0 Å². The van der Waals surface area contributed by atoms with E-state index in [1.54, 1.807) is 17.8 Å². The van der Waals surface area contributed by atoms with Crippen LogP contribution in [-0.4, -0.2) is 14.7 Å². The van der Waals surface area contributed by atoms with Crippen molar-refractivity contribution in [3.05, 3.63) is 45.2 Å². The first-order valence-corrected chi connectivity index (χ1v) is 10.6. The summed E-state index contributed by atoms with van der Waals surface area (Å²) in [5.41, 5.74) is 1.88. The molecule has 1 aromatic heterocycles. The highest BCUT2D eigenvalue weighted by atomic mass is 79.9. The fourth-order valence-electron chi connectivity index (χ4n) is 1.82. The summed E-state index contributed by atoms with van der Waals surface area (Å²) in [5.74, 6) is 0. The van der Waals surface area contributed by atoms with Crippen molar-refractivity contribution in [1.29, 1.82) is 0 Å². The maximum absolute atomic E-state index is 12.4. The van der Waals surface area contributed by atoms with Crippen molar-refractivity contribution >= 4 is 49.1 Å². The lowest BCUT2D eigenvalue weighted by Crippen LogP contribution is -2.26. The number of rotatable bonds is 5. The van der Waals surface area contributed by atoms with Gasteiger partial charge < -0.3 is 0 Å². The van der Waals surface area contributed by atoms with Gasteiger partial charge in [0.05, 0.1) is 3.79 Å². The molecule has 0 saturated carbocycles. The normalized spacial score (nSPS) is 13.3. The number of halogens is 1. The summed E-state index contributed by atoms with van der Waals surface area (Å²) in [6.45, 7) is 3.73. The number of sulfonamides is 1. The fraction of sp³-hybridized carbons (Fsp3) is 0.286. The molecule has 0 bridgehead atoms. The molecule has 21 heavy (non-hydrogen) atoms. The largest absolute Gasteiger partial charge is 0.250 e. The van der Waals surface area contributed by atoms with E-state index in [1.165, 1.54) is 11.3 Å². The molecule has 2 rings (SSSR count). The molecule has 0 aliphatic heterocycles. The first-order chi connectivity index (χ1) is 9.83. The third-order valence-corrected chi connectivity index (χ3v) is 7.94. The molecule has 0 amide bonds. The van der Waals surface area contributed by atoms with E-state index in [4.69, 9.17) is 0 Å². The maximum atomic E-state index is 12.4. The highest BCUT2D eigenvalue weighted by Gasteiger charge is 2.21. The number of nitrogens with one attached hydrogen (secondary N) is 1. The standard InChI is InChI=1S/C14H16BrNO2S3/c1-9-8-13(20-14(9)15)21(17,18)16-10(2)11-4-6-12(19-3)7-5-11/h4-8,10,16H,1-3H3. The van der Waals surface area contributed by atoms with Gasteiger partial charge in [-0.1, -0.05) is 12.1 Å². The van der Waals surface area contributed by atoms with Crippen molar-refractivity contribution < 1.29 is 8.42 Å². The molecule has 2 aromatic rings. The van der Waals surface area contributed by atoms with Crippen molar-refractivity contribution in [2.45, 2.75) is 29.0 Å². The molecule has 0 fully saturated rings. The Labute approximate surface area is 142 Å². The molecule has 1 atom stereocenters. The molecule has 0 radical (unpaired) electrons. The predicted octanol–water partition coefficient (Wildman–Crippen LogP) is 4.58. The summed E-state index contributed by atoms with van der Waals surface area (Å²) >= 11 is 6.25. The Morgan fingerprint density at radius 3 is 2.38 bits per heavy atom. The van der Waals surface area contributed by atoms with Crippen LogP contribution in [0.25, 0.3) is 0 Å². The Morgan fingerprint density at radius 1 is 1.29 bits per heavy atom. The van der Waals surface area contributed by atoms with Crippen LogP contribution in [0, 0.1) is 6.92 Å². The smallest absolute Gasteiger partial charge is 0.206 e. The summed E-state index contributed by atoms with van der Waals surface area (Å²) in [4.78, 5) is 1.16. The molecule has 3 nitrogen and oxygen atoms in total. The summed E-state index contributed by atoms with van der Waals surface area (Å²) in [5, 5.41) is 0. The minimum absolute atomic E-state index is 0.271. The molecular formula is C14H16BrNO2S3. The lowest BCUT2D eigenvalue weighted by Gasteiger charge is -2.14. The van der Waals surface area contributed by atoms with Gasteiger partial charge in [-0.3, -0.25) is 0 Å². The zero-order valence-electron chi connectivity index (χ0n) is 11.9. The lowest BCUT2D eigenvalue weighted by atomic mass is 10.1. The van der Waals surface area contributed by atoms with Crippen LogP contribution in [0.3, 0.4) is 0 Å². The molecule has 1 aromatic carbocycles. The van der Waals surface area contributed by atoms with Crippen LogP contribution in [0.4, 0.5) is 0 Å². The molecule has 1 N–H and O–H groups in total. The second kappa shape index (κ2) is 6.83. The minimum atomic E-state index is -3.49. The van der Waals surface area contributed by atoms with E-state index in [9.17, 15) is 8.42 Å². The van der Waals surface area contributed by atoms with Gasteiger partial charge in [-0.25, -0.2) is 13.1 Å². The monoisotopic (exact) mass is 405 g/mol. The van der Waals surface area contributed by atoms with Crippen molar-refractivity contribution in [3.63, 3.8) is 0 Å². The number of thiophene rings is 1. The van der Waals surface area contributed by atoms with Crippen LogP contribution < -0.4 is 4.72 Å². The van der Waals surface area contributed by atoms with Crippen LogP contribution >= 0.6 is 39.0 Å². The van der Waals surface area contributed by atoms with Crippen LogP contribution in [0.5, 0.6) is 0 Å². The van der Waals surface area contributed by atoms with Crippen LogP contribution in [0.1, 0.15) is 24.1 Å². The summed E-state index contributed by atoms with van der Waals surface area (Å²) in [6.07, 6.45) is 2.01. The third-order valence-electron chi connectivity index (χ3n) is 3.05. The average molecular weight is 406 g/mol. The van der Waals surface area contributed by atoms with Crippen molar-refractivity contribution in [3.8, 4) is 0 Å². The maximum Gasteiger partial charge on any atom is 0.250 e. The average Bonchev–Trinajstić information content (AvgIpc) is 2.79. The molecule has 7 heteroatoms. The van der Waals surface area contributed by atoms with Crippen LogP contribution in [0.2, 0.25) is 0 Å². The zero-order chi connectivity index (χ0) is 15.6. The Bertz CT molecular complexity index is 704. The van der Waals surface area contributed by atoms with Gasteiger partial charge in [0.25, 0.3) is 10.0 Å². The van der Waals surface area contributed by atoms with Gasteiger partial charge >= 0.3 is 0 Å². The molecular weight excluding hydrogens is 390 g/mol. The third kappa shape index (κ3) is 4.10. The van der Waals surface area contributed by atoms with E-state index < -0.39 is 10.0 Å². The van der Waals surface area contributed by atoms with Gasteiger partial charge in [0.2, 0.25) is 0 Å².